The molecule has 2 fully saturated rings. The van der Waals surface area contributed by atoms with Crippen LogP contribution in [-0.2, 0) is 41.1 Å². The number of fused-ring (bicyclic) bond motifs is 6. The van der Waals surface area contributed by atoms with Gasteiger partial charge < -0.3 is 34.5 Å². The molecule has 1 saturated carbocycles. The Hall–Kier alpha value is -4.65. The second kappa shape index (κ2) is 14.2. The first-order chi connectivity index (χ1) is 28.4. The van der Waals surface area contributed by atoms with E-state index in [0.29, 0.717) is 43.7 Å². The molecule has 6 aliphatic rings. The number of esters is 2. The van der Waals surface area contributed by atoms with Gasteiger partial charge in [0.25, 0.3) is 5.91 Å². The van der Waals surface area contributed by atoms with E-state index >= 15 is 4.79 Å². The minimum Gasteiger partial charge on any atom is -0.496 e. The Morgan fingerprint density at radius 3 is 2.56 bits per heavy atom. The molecule has 59 heavy (non-hydrogen) atoms. The number of benzene rings is 2. The third kappa shape index (κ3) is 5.27. The molecule has 1 spiro atoms. The lowest BCUT2D eigenvalue weighted by Crippen LogP contribution is -2.82. The number of methoxy groups -OCH3 is 2. The molecule has 1 aliphatic carbocycles. The first kappa shape index (κ1) is 39.8. The van der Waals surface area contributed by atoms with Crippen LogP contribution in [0.5, 0.6) is 5.75 Å². The number of nitrogens with zero attached hydrogens (tertiary/aromatic N) is 3. The molecule has 9 rings (SSSR count). The molecule has 1 amide bonds. The summed E-state index contributed by atoms with van der Waals surface area (Å²) in [7, 11) is 5.04. The summed E-state index contributed by atoms with van der Waals surface area (Å²) in [4.78, 5) is 53.9. The van der Waals surface area contributed by atoms with E-state index in [1.54, 1.807) is 7.11 Å². The van der Waals surface area contributed by atoms with E-state index in [4.69, 9.17) is 14.2 Å². The second-order valence-corrected chi connectivity index (χ2v) is 17.9. The smallest absolute Gasteiger partial charge is 0.322 e. The van der Waals surface area contributed by atoms with Crippen molar-refractivity contribution in [2.45, 2.75) is 94.4 Å². The summed E-state index contributed by atoms with van der Waals surface area (Å²) in [5.41, 5.74) is 1.42. The fraction of sp³-hybridized carbons (Fsp3) is 0.553. The number of para-hydroxylation sites is 1. The molecule has 2 aromatic carbocycles. The van der Waals surface area contributed by atoms with Crippen LogP contribution in [0.4, 0.5) is 5.69 Å². The Morgan fingerprint density at radius 1 is 1.05 bits per heavy atom. The van der Waals surface area contributed by atoms with E-state index < -0.39 is 45.9 Å². The third-order valence-corrected chi connectivity index (χ3v) is 15.2. The number of carbonyl (C=O) groups excluding carboxylic acids is 3. The minimum absolute atomic E-state index is 0.0295. The number of hydrogen-bond acceptors (Lipinski definition) is 10. The standard InChI is InChI=1S/C47H59N5O7/c1-8-29-22-30-25-46(43(55)58-7,38-32(16-20-51(26-29)27-30)31-14-11-12-15-35(31)49-38)34-23-33-36(24-37(34)57-6)50(5)40-45(33)18-21-52-19-13-17-44(9-2,39(45)52)41(59-28(4)53)47(40,56)42(54)48-10-3/h11-15,17,22-24,30,39-41,49,56H,8-10,16,18-21,25-27H2,1-7H3,(H,48,54)/t30-,39-,40+,41+,44+,45?,46-,47+/m0/s1. The van der Waals surface area contributed by atoms with Crippen LogP contribution >= 0.6 is 0 Å². The number of H-pyrrole nitrogens is 1. The Bertz CT molecular complexity index is 2280. The summed E-state index contributed by atoms with van der Waals surface area (Å²) < 4.78 is 18.6. The number of likely N-dealkylation sites (N-methyl/N-ethyl adjacent to an activating group) is 2. The van der Waals surface area contributed by atoms with Crippen molar-refractivity contribution in [1.29, 1.82) is 0 Å². The van der Waals surface area contributed by atoms with Crippen molar-refractivity contribution in [2.75, 3.05) is 65.4 Å². The molecule has 12 nitrogen and oxygen atoms in total. The topological polar surface area (TPSA) is 137 Å². The highest BCUT2D eigenvalue weighted by atomic mass is 16.6. The van der Waals surface area contributed by atoms with Crippen molar-refractivity contribution in [3.63, 3.8) is 0 Å². The van der Waals surface area contributed by atoms with Crippen LogP contribution in [0.25, 0.3) is 10.9 Å². The van der Waals surface area contributed by atoms with Crippen LogP contribution in [0.15, 0.2) is 60.2 Å². The van der Waals surface area contributed by atoms with Gasteiger partial charge in [0.05, 0.1) is 20.3 Å². The van der Waals surface area contributed by atoms with E-state index in [2.05, 4.69) is 76.4 Å². The Labute approximate surface area is 346 Å². The zero-order valence-corrected chi connectivity index (χ0v) is 35.5. The summed E-state index contributed by atoms with van der Waals surface area (Å²) in [5, 5.41) is 17.6. The summed E-state index contributed by atoms with van der Waals surface area (Å²) in [6.45, 7) is 11.7. The molecule has 3 N–H and O–H groups in total. The maximum absolute atomic E-state index is 15.3. The van der Waals surface area contributed by atoms with Gasteiger partial charge in [0, 0.05) is 97.5 Å². The van der Waals surface area contributed by atoms with E-state index in [1.807, 2.05) is 31.0 Å². The maximum atomic E-state index is 15.3. The number of amides is 1. The van der Waals surface area contributed by atoms with Crippen LogP contribution < -0.4 is 15.0 Å². The molecule has 5 aliphatic heterocycles. The van der Waals surface area contributed by atoms with Gasteiger partial charge in [0.1, 0.15) is 11.2 Å². The molecule has 1 saturated heterocycles. The Balaban J connectivity index is 1.37. The van der Waals surface area contributed by atoms with Gasteiger partial charge in [0.15, 0.2) is 6.10 Å². The van der Waals surface area contributed by atoms with Crippen molar-refractivity contribution < 1.29 is 33.7 Å². The molecule has 12 heteroatoms. The predicted molar refractivity (Wildman–Crippen MR) is 226 cm³/mol. The lowest BCUT2D eigenvalue weighted by atomic mass is 9.47. The van der Waals surface area contributed by atoms with Crippen LogP contribution in [0.1, 0.15) is 75.8 Å². The van der Waals surface area contributed by atoms with Crippen LogP contribution in [0.3, 0.4) is 0 Å². The summed E-state index contributed by atoms with van der Waals surface area (Å²) in [6.07, 6.45) is 8.65. The molecule has 9 atom stereocenters. The number of nitrogens with one attached hydrogen (secondary N) is 2. The predicted octanol–water partition coefficient (Wildman–Crippen LogP) is 4.76. The number of carbonyl (C=O) groups is 3. The van der Waals surface area contributed by atoms with Crippen molar-refractivity contribution in [1.82, 2.24) is 20.1 Å². The quantitative estimate of drug-likeness (QED) is 0.216. The van der Waals surface area contributed by atoms with Crippen LogP contribution in [0.2, 0.25) is 0 Å². The summed E-state index contributed by atoms with van der Waals surface area (Å²) in [6, 6.07) is 11.4. The molecular formula is C47H59N5O7. The minimum atomic E-state index is -2.16. The molecule has 1 aromatic heterocycles. The van der Waals surface area contributed by atoms with Crippen molar-refractivity contribution in [3.8, 4) is 5.75 Å². The number of rotatable bonds is 8. The molecule has 0 radical (unpaired) electrons. The number of aliphatic hydroxyl groups is 1. The molecule has 2 unspecified atom stereocenters. The normalized spacial score (nSPS) is 34.3. The van der Waals surface area contributed by atoms with Crippen molar-refractivity contribution >= 4 is 34.4 Å². The van der Waals surface area contributed by atoms with Crippen molar-refractivity contribution in [3.05, 3.63) is 82.6 Å². The first-order valence-electron chi connectivity index (χ1n) is 21.5. The zero-order valence-electron chi connectivity index (χ0n) is 35.5. The van der Waals surface area contributed by atoms with Gasteiger partial charge in [-0.15, -0.1) is 0 Å². The molecule has 3 aromatic rings. The SMILES string of the molecule is CCNC(=O)[C@@]1(O)[C@@H]2N(C)c3cc(OC)c([C@@]4(C(=O)OC)C[C@@H]5C=C(CC)CN(CCc6c4[nH]c4ccccc64)C5)cc3C23CCN2CC=C[C@](CC)([C@H]23)[C@H]1OC(C)=O. The highest BCUT2D eigenvalue weighted by Crippen LogP contribution is 2.68. The van der Waals surface area contributed by atoms with Crippen LogP contribution in [0, 0.1) is 11.3 Å². The fourth-order valence-electron chi connectivity index (χ4n) is 13.2. The Morgan fingerprint density at radius 2 is 1.85 bits per heavy atom. The van der Waals surface area contributed by atoms with E-state index in [1.165, 1.54) is 19.6 Å². The fourth-order valence-corrected chi connectivity index (χ4v) is 13.2. The van der Waals surface area contributed by atoms with E-state index in [0.717, 1.165) is 65.9 Å². The third-order valence-electron chi connectivity index (χ3n) is 15.2. The highest BCUT2D eigenvalue weighted by Gasteiger charge is 2.80. The number of aromatic amines is 1. The average Bonchev–Trinajstić information content (AvgIpc) is 3.90. The monoisotopic (exact) mass is 805 g/mol. The van der Waals surface area contributed by atoms with E-state index in [9.17, 15) is 14.7 Å². The van der Waals surface area contributed by atoms with Gasteiger partial charge in [-0.25, -0.2) is 0 Å². The van der Waals surface area contributed by atoms with Crippen LogP contribution in [-0.4, -0.2) is 122 Å². The largest absolute Gasteiger partial charge is 0.496 e. The Kier molecular flexibility index (Phi) is 9.60. The van der Waals surface area contributed by atoms with Gasteiger partial charge in [-0.3, -0.25) is 24.2 Å². The maximum Gasteiger partial charge on any atom is 0.322 e. The molecule has 2 bridgehead atoms. The van der Waals surface area contributed by atoms with Crippen molar-refractivity contribution in [2.24, 2.45) is 11.3 Å². The van der Waals surface area contributed by atoms with Gasteiger partial charge in [0.2, 0.25) is 5.60 Å². The molecular weight excluding hydrogens is 747 g/mol. The zero-order chi connectivity index (χ0) is 41.6. The molecule has 314 valence electrons. The average molecular weight is 806 g/mol. The highest BCUT2D eigenvalue weighted by molar-refractivity contribution is 5.95. The number of ether oxygens (including phenoxy) is 3. The van der Waals surface area contributed by atoms with Gasteiger partial charge in [-0.2, -0.15) is 0 Å². The van der Waals surface area contributed by atoms with Gasteiger partial charge in [-0.05, 0) is 74.8 Å². The lowest BCUT2D eigenvalue weighted by Gasteiger charge is -2.63. The summed E-state index contributed by atoms with van der Waals surface area (Å²) in [5.74, 6) is -0.952. The number of hydrogen-bond donors (Lipinski definition) is 3. The lowest BCUT2D eigenvalue weighted by molar-refractivity contribution is -0.217. The molecule has 6 heterocycles. The second-order valence-electron chi connectivity index (χ2n) is 17.9. The number of aromatic nitrogens is 1. The van der Waals surface area contributed by atoms with Gasteiger partial charge >= 0.3 is 11.9 Å². The first-order valence-corrected chi connectivity index (χ1v) is 21.5. The summed E-state index contributed by atoms with van der Waals surface area (Å²) >= 11 is 0. The van der Waals surface area contributed by atoms with E-state index in [-0.39, 0.29) is 24.5 Å². The number of anilines is 1. The van der Waals surface area contributed by atoms with Gasteiger partial charge in [-0.1, -0.05) is 55.8 Å².